The van der Waals surface area contributed by atoms with Gasteiger partial charge in [0.15, 0.2) is 0 Å². The third kappa shape index (κ3) is 4.90. The van der Waals surface area contributed by atoms with E-state index < -0.39 is 16.6 Å². The van der Waals surface area contributed by atoms with Crippen molar-refractivity contribution in [2.24, 2.45) is 5.73 Å². The lowest BCUT2D eigenvalue weighted by Gasteiger charge is -2.45. The Bertz CT molecular complexity index is 1310. The molecule has 0 spiro atoms. The van der Waals surface area contributed by atoms with E-state index in [1.54, 1.807) is 24.9 Å². The van der Waals surface area contributed by atoms with E-state index in [-0.39, 0.29) is 18.0 Å². The lowest BCUT2D eigenvalue weighted by atomic mass is 9.80. The highest BCUT2D eigenvalue weighted by molar-refractivity contribution is 5.89. The van der Waals surface area contributed by atoms with Gasteiger partial charge in [-0.05, 0) is 56.4 Å². The summed E-state index contributed by atoms with van der Waals surface area (Å²) in [4.78, 5) is 31.4. The largest absolute Gasteiger partial charge is 0.438 e. The molecule has 7 heteroatoms. The second-order valence-corrected chi connectivity index (χ2v) is 11.3. The minimum atomic E-state index is -0.994. The van der Waals surface area contributed by atoms with E-state index >= 15 is 0 Å². The van der Waals surface area contributed by atoms with Crippen LogP contribution < -0.4 is 5.73 Å². The van der Waals surface area contributed by atoms with Gasteiger partial charge in [-0.3, -0.25) is 9.78 Å². The number of hydrogen-bond acceptors (Lipinski definition) is 5. The average Bonchev–Trinajstić information content (AvgIpc) is 3.71. The molecular formula is C31H35N3O4. The Morgan fingerprint density at radius 2 is 1.71 bits per heavy atom. The topological polar surface area (TPSA) is 106 Å². The van der Waals surface area contributed by atoms with Crippen molar-refractivity contribution >= 4 is 12.0 Å². The molecule has 3 aromatic rings. The summed E-state index contributed by atoms with van der Waals surface area (Å²) in [5.74, 6) is -0.312. The summed E-state index contributed by atoms with van der Waals surface area (Å²) in [6.45, 7) is 6.00. The van der Waals surface area contributed by atoms with Crippen LogP contribution in [0.4, 0.5) is 4.79 Å². The van der Waals surface area contributed by atoms with Crippen LogP contribution in [0.2, 0.25) is 0 Å². The van der Waals surface area contributed by atoms with E-state index in [0.717, 1.165) is 40.8 Å². The Morgan fingerprint density at radius 1 is 1.05 bits per heavy atom. The predicted molar refractivity (Wildman–Crippen MR) is 145 cm³/mol. The molecule has 0 radical (unpaired) electrons. The summed E-state index contributed by atoms with van der Waals surface area (Å²) >= 11 is 0. The minimum Gasteiger partial charge on any atom is -0.438 e. The number of aliphatic hydroxyl groups is 1. The quantitative estimate of drug-likeness (QED) is 0.429. The van der Waals surface area contributed by atoms with E-state index in [1.165, 1.54) is 0 Å². The van der Waals surface area contributed by atoms with Crippen LogP contribution >= 0.6 is 0 Å². The molecule has 2 aliphatic rings. The third-order valence-electron chi connectivity index (χ3n) is 7.96. The molecule has 2 heterocycles. The molecule has 2 atom stereocenters. The number of nitrogens with zero attached hydrogens (tertiary/aromatic N) is 2. The summed E-state index contributed by atoms with van der Waals surface area (Å²) in [5, 5.41) is 10.6. The fourth-order valence-corrected chi connectivity index (χ4v) is 5.63. The fourth-order valence-electron chi connectivity index (χ4n) is 5.63. The van der Waals surface area contributed by atoms with Crippen molar-refractivity contribution in [2.75, 3.05) is 6.54 Å². The number of benzene rings is 2. The summed E-state index contributed by atoms with van der Waals surface area (Å²) in [6, 6.07) is 21.4. The van der Waals surface area contributed by atoms with Crippen LogP contribution in [0.25, 0.3) is 11.1 Å². The highest BCUT2D eigenvalue weighted by Gasteiger charge is 2.51. The zero-order valence-corrected chi connectivity index (χ0v) is 22.2. The first-order valence-electron chi connectivity index (χ1n) is 13.2. The van der Waals surface area contributed by atoms with Gasteiger partial charge in [0.05, 0.1) is 22.8 Å². The van der Waals surface area contributed by atoms with Gasteiger partial charge in [0.2, 0.25) is 5.91 Å². The van der Waals surface area contributed by atoms with Crippen LogP contribution in [0, 0.1) is 0 Å². The Kier molecular flexibility index (Phi) is 6.51. The fraction of sp³-hybridized carbons (Fsp3) is 0.387. The Labute approximate surface area is 223 Å². The molecule has 3 N–H and O–H groups in total. The highest BCUT2D eigenvalue weighted by Crippen LogP contribution is 2.47. The first kappa shape index (κ1) is 25.9. The number of pyridine rings is 1. The maximum Gasteiger partial charge on any atom is 0.411 e. The number of carbonyl (C=O) groups excluding carboxylic acids is 2. The monoisotopic (exact) mass is 513 g/mol. The van der Waals surface area contributed by atoms with E-state index in [2.05, 4.69) is 4.98 Å². The van der Waals surface area contributed by atoms with E-state index in [4.69, 9.17) is 10.5 Å². The van der Waals surface area contributed by atoms with Crippen molar-refractivity contribution in [1.82, 2.24) is 9.88 Å². The predicted octanol–water partition coefficient (Wildman–Crippen LogP) is 5.23. The standard InChI is InChI=1S/C31H35N3O4/c1-21(34-18-17-31(38-28(34)36,20-29(2,3)37)25-7-5-4-6-8-25)22-9-11-23(12-10-22)24-13-14-26(33-19-24)30(15-16-30)27(32)35/h4-14,19,21,37H,15-18,20H2,1-3H3,(H2,32,35)/t21-,31?/m0/s1. The Hall–Kier alpha value is -3.71. The Morgan fingerprint density at radius 3 is 2.24 bits per heavy atom. The summed E-state index contributed by atoms with van der Waals surface area (Å²) in [6.07, 6.45) is 3.81. The SMILES string of the molecule is C[C@@H](c1ccc(-c2ccc(C3(C(N)=O)CC3)nc2)cc1)N1CCC(CC(C)(C)O)(c2ccccc2)OC1=O. The minimum absolute atomic E-state index is 0.182. The average molecular weight is 514 g/mol. The molecule has 2 fully saturated rings. The number of hydrogen-bond donors (Lipinski definition) is 2. The second-order valence-electron chi connectivity index (χ2n) is 11.3. The lowest BCUT2D eigenvalue weighted by Crippen LogP contribution is -2.51. The first-order chi connectivity index (χ1) is 18.0. The summed E-state index contributed by atoms with van der Waals surface area (Å²) < 4.78 is 6.13. The van der Waals surface area contributed by atoms with E-state index in [0.29, 0.717) is 19.4 Å². The summed E-state index contributed by atoms with van der Waals surface area (Å²) in [7, 11) is 0. The number of nitrogens with two attached hydrogens (primary N) is 1. The molecular weight excluding hydrogens is 478 g/mol. The molecule has 198 valence electrons. The van der Waals surface area contributed by atoms with Crippen LogP contribution in [-0.4, -0.2) is 39.1 Å². The molecule has 5 rings (SSSR count). The lowest BCUT2D eigenvalue weighted by molar-refractivity contribution is -0.120. The van der Waals surface area contributed by atoms with Gasteiger partial charge in [0, 0.05) is 31.1 Å². The van der Waals surface area contributed by atoms with Crippen molar-refractivity contribution in [3.05, 3.63) is 89.7 Å². The molecule has 0 bridgehead atoms. The van der Waals surface area contributed by atoms with Crippen LogP contribution in [0.3, 0.4) is 0 Å². The molecule has 1 aliphatic carbocycles. The van der Waals surface area contributed by atoms with Crippen LogP contribution in [0.15, 0.2) is 72.9 Å². The maximum atomic E-state index is 13.3. The van der Waals surface area contributed by atoms with Gasteiger partial charge in [-0.25, -0.2) is 4.79 Å². The molecule has 7 nitrogen and oxygen atoms in total. The van der Waals surface area contributed by atoms with Gasteiger partial charge in [-0.1, -0.05) is 60.7 Å². The molecule has 2 amide bonds. The van der Waals surface area contributed by atoms with Crippen LogP contribution in [0.1, 0.15) is 69.3 Å². The number of primary amides is 1. The molecule has 1 saturated carbocycles. The van der Waals surface area contributed by atoms with Gasteiger partial charge in [0.1, 0.15) is 5.60 Å². The maximum absolute atomic E-state index is 13.3. The molecule has 38 heavy (non-hydrogen) atoms. The van der Waals surface area contributed by atoms with Gasteiger partial charge in [0.25, 0.3) is 0 Å². The third-order valence-corrected chi connectivity index (χ3v) is 7.96. The number of carbonyl (C=O) groups is 2. The van der Waals surface area contributed by atoms with Crippen molar-refractivity contribution in [2.45, 2.75) is 69.1 Å². The zero-order chi connectivity index (χ0) is 27.1. The molecule has 1 aromatic heterocycles. The highest BCUT2D eigenvalue weighted by atomic mass is 16.6. The van der Waals surface area contributed by atoms with Gasteiger partial charge < -0.3 is 20.5 Å². The number of cyclic esters (lactones) is 1. The van der Waals surface area contributed by atoms with Crippen molar-refractivity contribution in [1.29, 1.82) is 0 Å². The van der Waals surface area contributed by atoms with Crippen LogP contribution in [0.5, 0.6) is 0 Å². The van der Waals surface area contributed by atoms with Crippen molar-refractivity contribution in [3.8, 4) is 11.1 Å². The zero-order valence-electron chi connectivity index (χ0n) is 22.2. The van der Waals surface area contributed by atoms with Gasteiger partial charge >= 0.3 is 6.09 Å². The number of ether oxygens (including phenoxy) is 1. The molecule has 2 aromatic carbocycles. The second kappa shape index (κ2) is 9.55. The van der Waals surface area contributed by atoms with Crippen molar-refractivity contribution < 1.29 is 19.4 Å². The van der Waals surface area contributed by atoms with Crippen molar-refractivity contribution in [3.63, 3.8) is 0 Å². The van der Waals surface area contributed by atoms with Gasteiger partial charge in [-0.2, -0.15) is 0 Å². The first-order valence-corrected chi connectivity index (χ1v) is 13.2. The molecule has 1 unspecified atom stereocenters. The number of amides is 2. The molecule has 1 saturated heterocycles. The normalized spacial score (nSPS) is 21.5. The van der Waals surface area contributed by atoms with E-state index in [1.807, 2.05) is 73.7 Å². The smallest absolute Gasteiger partial charge is 0.411 e. The van der Waals surface area contributed by atoms with Crippen LogP contribution in [-0.2, 0) is 20.5 Å². The van der Waals surface area contributed by atoms with E-state index in [9.17, 15) is 14.7 Å². The number of rotatable bonds is 8. The molecule has 1 aliphatic heterocycles. The Balaban J connectivity index is 1.30. The van der Waals surface area contributed by atoms with Gasteiger partial charge in [-0.15, -0.1) is 0 Å². The number of aromatic nitrogens is 1. The summed E-state index contributed by atoms with van der Waals surface area (Å²) in [5.41, 5.74) is 7.69.